The molecule has 2 aromatic rings. The molecule has 122 valence electrons. The molecular formula is C15H11BrF3NO3. The minimum atomic E-state index is -1.23. The van der Waals surface area contributed by atoms with Crippen LogP contribution in [0, 0.1) is 11.6 Å². The molecule has 8 heteroatoms. The maximum atomic E-state index is 13.8. The van der Waals surface area contributed by atoms with Gasteiger partial charge in [0.1, 0.15) is 11.7 Å². The third-order valence-corrected chi connectivity index (χ3v) is 4.41. The summed E-state index contributed by atoms with van der Waals surface area (Å²) in [7, 11) is 0. The van der Waals surface area contributed by atoms with Crippen molar-refractivity contribution in [3.8, 4) is 0 Å². The summed E-state index contributed by atoms with van der Waals surface area (Å²) in [6.07, 6.45) is 0.150. The number of nitrogens with zero attached hydrogens (tertiary/aromatic N) is 1. The van der Waals surface area contributed by atoms with E-state index in [1.807, 2.05) is 0 Å². The number of carbonyl (C=O) groups is 1. The van der Waals surface area contributed by atoms with E-state index in [-0.39, 0.29) is 34.0 Å². The summed E-state index contributed by atoms with van der Waals surface area (Å²) in [6, 6.07) is 0.0829. The van der Waals surface area contributed by atoms with Crippen molar-refractivity contribution in [2.75, 3.05) is 6.61 Å². The molecule has 2 atom stereocenters. The molecule has 0 N–H and O–H groups in total. The number of esters is 1. The maximum absolute atomic E-state index is 13.8. The van der Waals surface area contributed by atoms with Gasteiger partial charge in [0.2, 0.25) is 5.43 Å². The first-order chi connectivity index (χ1) is 10.9. The van der Waals surface area contributed by atoms with Crippen molar-refractivity contribution in [3.05, 3.63) is 44.2 Å². The van der Waals surface area contributed by atoms with Gasteiger partial charge in [-0.3, -0.25) is 4.79 Å². The maximum Gasteiger partial charge on any atom is 0.343 e. The molecule has 0 radical (unpaired) electrons. The van der Waals surface area contributed by atoms with Gasteiger partial charge in [-0.2, -0.15) is 0 Å². The second-order valence-electron chi connectivity index (χ2n) is 5.20. The Bertz CT molecular complexity index is 881. The van der Waals surface area contributed by atoms with E-state index in [9.17, 15) is 22.8 Å². The topological polar surface area (TPSA) is 48.3 Å². The predicted molar refractivity (Wildman–Crippen MR) is 80.3 cm³/mol. The number of benzene rings is 1. The van der Waals surface area contributed by atoms with Gasteiger partial charge in [0.15, 0.2) is 11.6 Å². The van der Waals surface area contributed by atoms with Crippen molar-refractivity contribution in [2.45, 2.75) is 25.6 Å². The zero-order valence-corrected chi connectivity index (χ0v) is 13.5. The van der Waals surface area contributed by atoms with Gasteiger partial charge in [-0.05, 0) is 28.9 Å². The van der Waals surface area contributed by atoms with Crippen molar-refractivity contribution in [3.63, 3.8) is 0 Å². The molecule has 0 amide bonds. The van der Waals surface area contributed by atoms with Crippen LogP contribution in [0.2, 0.25) is 0 Å². The van der Waals surface area contributed by atoms with Crippen molar-refractivity contribution >= 4 is 32.8 Å². The lowest BCUT2D eigenvalue weighted by molar-refractivity contribution is 0.0524. The van der Waals surface area contributed by atoms with E-state index < -0.39 is 35.2 Å². The minimum absolute atomic E-state index is 0.0205. The van der Waals surface area contributed by atoms with Crippen LogP contribution in [0.1, 0.15) is 29.7 Å². The predicted octanol–water partition coefficient (Wildman–Crippen LogP) is 3.50. The number of halogens is 4. The van der Waals surface area contributed by atoms with E-state index in [0.29, 0.717) is 6.07 Å². The lowest BCUT2D eigenvalue weighted by Crippen LogP contribution is -2.21. The average Bonchev–Trinajstić information content (AvgIpc) is 3.23. The fourth-order valence-corrected chi connectivity index (χ4v) is 3.08. The summed E-state index contributed by atoms with van der Waals surface area (Å²) in [5.41, 5.74) is -1.10. The molecule has 1 aromatic heterocycles. The molecule has 4 nitrogen and oxygen atoms in total. The van der Waals surface area contributed by atoms with E-state index in [1.165, 1.54) is 4.57 Å². The fraction of sp³-hybridized carbons (Fsp3) is 0.333. The Balaban J connectivity index is 2.38. The first-order valence-corrected chi connectivity index (χ1v) is 7.69. The van der Waals surface area contributed by atoms with Gasteiger partial charge < -0.3 is 9.30 Å². The Morgan fingerprint density at radius 2 is 2.13 bits per heavy atom. The molecule has 0 saturated heterocycles. The molecule has 0 aliphatic heterocycles. The number of hydrogen-bond donors (Lipinski definition) is 0. The van der Waals surface area contributed by atoms with Gasteiger partial charge >= 0.3 is 5.97 Å². The summed E-state index contributed by atoms with van der Waals surface area (Å²) >= 11 is 2.91. The van der Waals surface area contributed by atoms with Crippen LogP contribution in [0.25, 0.3) is 10.9 Å². The van der Waals surface area contributed by atoms with Gasteiger partial charge in [-0.1, -0.05) is 0 Å². The largest absolute Gasteiger partial charge is 0.462 e. The third kappa shape index (κ3) is 2.54. The monoisotopic (exact) mass is 389 g/mol. The number of carbonyl (C=O) groups excluding carboxylic acids is 1. The van der Waals surface area contributed by atoms with E-state index in [0.717, 1.165) is 6.20 Å². The number of rotatable bonds is 3. The zero-order chi connectivity index (χ0) is 16.9. The van der Waals surface area contributed by atoms with Crippen molar-refractivity contribution in [2.24, 2.45) is 0 Å². The van der Waals surface area contributed by atoms with Crippen LogP contribution in [-0.2, 0) is 4.74 Å². The number of pyridine rings is 1. The molecule has 1 heterocycles. The number of ether oxygens (including phenoxy) is 1. The van der Waals surface area contributed by atoms with Gasteiger partial charge in [-0.15, -0.1) is 0 Å². The summed E-state index contributed by atoms with van der Waals surface area (Å²) in [4.78, 5) is 24.3. The molecule has 1 saturated carbocycles. The highest BCUT2D eigenvalue weighted by Gasteiger charge is 2.40. The zero-order valence-electron chi connectivity index (χ0n) is 11.9. The van der Waals surface area contributed by atoms with Crippen molar-refractivity contribution in [1.82, 2.24) is 4.57 Å². The molecule has 1 aromatic carbocycles. The van der Waals surface area contributed by atoms with E-state index in [4.69, 9.17) is 4.74 Å². The summed E-state index contributed by atoms with van der Waals surface area (Å²) < 4.78 is 46.8. The Morgan fingerprint density at radius 1 is 1.48 bits per heavy atom. The molecule has 0 bridgehead atoms. The molecule has 0 unspecified atom stereocenters. The summed E-state index contributed by atoms with van der Waals surface area (Å²) in [5, 5.41) is -0.208. The molecule has 3 rings (SSSR count). The number of alkyl halides is 1. The Morgan fingerprint density at radius 3 is 2.70 bits per heavy atom. The highest BCUT2D eigenvalue weighted by molar-refractivity contribution is 9.10. The standard InChI is InChI=1S/C15H11BrF3NO3/c1-2-23-15(22)7-5-20(10-4-8(10)17)13-6(14(7)21)3-9(18)12(19)11(13)16/h3,5,8,10H,2,4H2,1H3/t8-,10+/m0/s1. The van der Waals surface area contributed by atoms with Crippen LogP contribution >= 0.6 is 15.9 Å². The van der Waals surface area contributed by atoms with Crippen LogP contribution < -0.4 is 5.43 Å². The van der Waals surface area contributed by atoms with Gasteiger partial charge in [0, 0.05) is 12.6 Å². The van der Waals surface area contributed by atoms with Gasteiger partial charge in [0.25, 0.3) is 0 Å². The van der Waals surface area contributed by atoms with Crippen LogP contribution in [0.3, 0.4) is 0 Å². The summed E-state index contributed by atoms with van der Waals surface area (Å²) in [6.45, 7) is 1.62. The highest BCUT2D eigenvalue weighted by atomic mass is 79.9. The molecule has 0 spiro atoms. The molecule has 1 aliphatic carbocycles. The van der Waals surface area contributed by atoms with Crippen LogP contribution in [-0.4, -0.2) is 23.3 Å². The second kappa shape index (κ2) is 5.67. The van der Waals surface area contributed by atoms with E-state index in [2.05, 4.69) is 15.9 Å². The number of aromatic nitrogens is 1. The van der Waals surface area contributed by atoms with Crippen LogP contribution in [0.4, 0.5) is 13.2 Å². The first-order valence-electron chi connectivity index (χ1n) is 6.90. The first kappa shape index (κ1) is 16.0. The Labute approximate surface area is 137 Å². The van der Waals surface area contributed by atoms with Gasteiger partial charge in [0.05, 0.1) is 28.0 Å². The molecular weight excluding hydrogens is 379 g/mol. The molecule has 23 heavy (non-hydrogen) atoms. The van der Waals surface area contributed by atoms with E-state index >= 15 is 0 Å². The number of hydrogen-bond acceptors (Lipinski definition) is 3. The summed E-state index contributed by atoms with van der Waals surface area (Å²) in [5.74, 6) is -3.29. The minimum Gasteiger partial charge on any atom is -0.462 e. The Hall–Kier alpha value is -1.83. The lowest BCUT2D eigenvalue weighted by atomic mass is 10.1. The van der Waals surface area contributed by atoms with Crippen molar-refractivity contribution in [1.29, 1.82) is 0 Å². The van der Waals surface area contributed by atoms with Crippen LogP contribution in [0.15, 0.2) is 21.5 Å². The average molecular weight is 390 g/mol. The van der Waals surface area contributed by atoms with Gasteiger partial charge in [-0.25, -0.2) is 18.0 Å². The van der Waals surface area contributed by atoms with Crippen LogP contribution in [0.5, 0.6) is 0 Å². The quantitative estimate of drug-likeness (QED) is 0.596. The Kier molecular flexibility index (Phi) is 3.95. The smallest absolute Gasteiger partial charge is 0.343 e. The molecule has 1 aliphatic rings. The van der Waals surface area contributed by atoms with E-state index in [1.54, 1.807) is 6.92 Å². The van der Waals surface area contributed by atoms with Crippen molar-refractivity contribution < 1.29 is 22.7 Å². The third-order valence-electron chi connectivity index (χ3n) is 3.69. The fourth-order valence-electron chi connectivity index (χ4n) is 2.47. The molecule has 1 fully saturated rings. The second-order valence-corrected chi connectivity index (χ2v) is 5.99. The SMILES string of the molecule is CCOC(=O)c1cn([C@@H]2C[C@@H]2F)c2c(Br)c(F)c(F)cc2c1=O. The highest BCUT2D eigenvalue weighted by Crippen LogP contribution is 2.42. The number of fused-ring (bicyclic) bond motifs is 1. The lowest BCUT2D eigenvalue weighted by Gasteiger charge is -2.14. The normalized spacial score (nSPS) is 19.9.